The molecule has 2 rings (SSSR count). The van der Waals surface area contributed by atoms with Gasteiger partial charge in [0.05, 0.1) is 5.02 Å². The molecular formula is C14H11Cl2FO. The molecule has 0 saturated heterocycles. The first-order valence-electron chi connectivity index (χ1n) is 5.47. The highest BCUT2D eigenvalue weighted by Crippen LogP contribution is 2.33. The van der Waals surface area contributed by atoms with Crippen molar-refractivity contribution in [2.45, 2.75) is 6.42 Å². The minimum absolute atomic E-state index is 0.0408. The molecule has 0 spiro atoms. The number of halogens is 3. The lowest BCUT2D eigenvalue weighted by atomic mass is 10.0. The van der Waals surface area contributed by atoms with Gasteiger partial charge in [0.15, 0.2) is 0 Å². The summed E-state index contributed by atoms with van der Waals surface area (Å²) in [5, 5.41) is 9.44. The van der Waals surface area contributed by atoms with E-state index in [9.17, 15) is 4.39 Å². The minimum Gasteiger partial charge on any atom is -0.396 e. The monoisotopic (exact) mass is 284 g/mol. The quantitative estimate of drug-likeness (QED) is 0.889. The van der Waals surface area contributed by atoms with Gasteiger partial charge in [-0.25, -0.2) is 4.39 Å². The van der Waals surface area contributed by atoms with Gasteiger partial charge in [0.1, 0.15) is 5.82 Å². The standard InChI is InChI=1S/C14H11Cl2FO/c15-12-5-4-9(6-7-18)8-11(12)10-2-1-3-13(16)14(10)17/h1-5,8,18H,6-7H2. The van der Waals surface area contributed by atoms with Gasteiger partial charge in [0, 0.05) is 22.8 Å². The fourth-order valence-corrected chi connectivity index (χ4v) is 2.17. The summed E-state index contributed by atoms with van der Waals surface area (Å²) in [5.74, 6) is -0.484. The summed E-state index contributed by atoms with van der Waals surface area (Å²) >= 11 is 11.8. The first-order chi connectivity index (χ1) is 8.63. The molecule has 1 N–H and O–H groups in total. The van der Waals surface area contributed by atoms with E-state index in [1.807, 2.05) is 6.07 Å². The molecule has 0 aliphatic carbocycles. The Morgan fingerprint density at radius 2 is 1.78 bits per heavy atom. The molecule has 4 heteroatoms. The summed E-state index contributed by atoms with van der Waals surface area (Å²) in [6.07, 6.45) is 0.506. The third kappa shape index (κ3) is 2.66. The molecule has 0 bridgehead atoms. The van der Waals surface area contributed by atoms with Crippen LogP contribution in [0, 0.1) is 5.82 Å². The average molecular weight is 285 g/mol. The fourth-order valence-electron chi connectivity index (χ4n) is 1.78. The van der Waals surface area contributed by atoms with Gasteiger partial charge < -0.3 is 5.11 Å². The third-order valence-electron chi connectivity index (χ3n) is 2.67. The van der Waals surface area contributed by atoms with E-state index in [0.29, 0.717) is 22.6 Å². The van der Waals surface area contributed by atoms with E-state index in [1.165, 1.54) is 6.07 Å². The molecule has 2 aromatic rings. The summed E-state index contributed by atoms with van der Waals surface area (Å²) in [5.41, 5.74) is 1.85. The van der Waals surface area contributed by atoms with Crippen LogP contribution in [0.4, 0.5) is 4.39 Å². The van der Waals surface area contributed by atoms with Crippen molar-refractivity contribution in [2.75, 3.05) is 6.61 Å². The van der Waals surface area contributed by atoms with Crippen LogP contribution in [-0.2, 0) is 6.42 Å². The predicted octanol–water partition coefficient (Wildman–Crippen LogP) is 4.33. The van der Waals surface area contributed by atoms with Crippen molar-refractivity contribution in [3.8, 4) is 11.1 Å². The molecule has 0 aromatic heterocycles. The zero-order valence-electron chi connectivity index (χ0n) is 9.46. The van der Waals surface area contributed by atoms with Crippen molar-refractivity contribution < 1.29 is 9.50 Å². The summed E-state index contributed by atoms with van der Waals surface area (Å²) < 4.78 is 13.9. The Labute approximate surface area is 115 Å². The van der Waals surface area contributed by atoms with Crippen LogP contribution >= 0.6 is 23.2 Å². The third-order valence-corrected chi connectivity index (χ3v) is 3.29. The smallest absolute Gasteiger partial charge is 0.149 e. The second-order valence-electron chi connectivity index (χ2n) is 3.89. The summed E-state index contributed by atoms with van der Waals surface area (Å²) in [4.78, 5) is 0. The van der Waals surface area contributed by atoms with Crippen molar-refractivity contribution in [1.29, 1.82) is 0 Å². The SMILES string of the molecule is OCCc1ccc(Cl)c(-c2cccc(Cl)c2F)c1. The number of hydrogen-bond donors (Lipinski definition) is 1. The molecule has 94 valence electrons. The highest BCUT2D eigenvalue weighted by Gasteiger charge is 2.12. The fraction of sp³-hybridized carbons (Fsp3) is 0.143. The van der Waals surface area contributed by atoms with Gasteiger partial charge in [-0.3, -0.25) is 0 Å². The van der Waals surface area contributed by atoms with E-state index in [4.69, 9.17) is 28.3 Å². The van der Waals surface area contributed by atoms with E-state index < -0.39 is 5.82 Å². The maximum absolute atomic E-state index is 13.9. The Morgan fingerprint density at radius 1 is 1.00 bits per heavy atom. The molecule has 0 saturated carbocycles. The van der Waals surface area contributed by atoms with Gasteiger partial charge in [0.25, 0.3) is 0 Å². The number of aliphatic hydroxyl groups excluding tert-OH is 1. The zero-order valence-corrected chi connectivity index (χ0v) is 11.0. The van der Waals surface area contributed by atoms with Crippen LogP contribution in [0.5, 0.6) is 0 Å². The Balaban J connectivity index is 2.55. The number of hydrogen-bond acceptors (Lipinski definition) is 1. The van der Waals surface area contributed by atoms with Crippen molar-refractivity contribution in [1.82, 2.24) is 0 Å². The largest absolute Gasteiger partial charge is 0.396 e. The van der Waals surface area contributed by atoms with E-state index in [0.717, 1.165) is 5.56 Å². The molecule has 0 radical (unpaired) electrons. The average Bonchev–Trinajstić information content (AvgIpc) is 2.36. The lowest BCUT2D eigenvalue weighted by Crippen LogP contribution is -1.93. The maximum Gasteiger partial charge on any atom is 0.149 e. The van der Waals surface area contributed by atoms with Crippen LogP contribution in [-0.4, -0.2) is 11.7 Å². The van der Waals surface area contributed by atoms with Crippen LogP contribution < -0.4 is 0 Å². The normalized spacial score (nSPS) is 10.7. The molecule has 0 fully saturated rings. The molecule has 0 amide bonds. The van der Waals surface area contributed by atoms with E-state index in [2.05, 4.69) is 0 Å². The van der Waals surface area contributed by atoms with Gasteiger partial charge in [-0.1, -0.05) is 41.4 Å². The van der Waals surface area contributed by atoms with Crippen LogP contribution in [0.25, 0.3) is 11.1 Å². The number of benzene rings is 2. The highest BCUT2D eigenvalue weighted by molar-refractivity contribution is 6.34. The van der Waals surface area contributed by atoms with Gasteiger partial charge in [-0.15, -0.1) is 0 Å². The minimum atomic E-state index is -0.484. The molecule has 2 aromatic carbocycles. The number of rotatable bonds is 3. The van der Waals surface area contributed by atoms with Crippen molar-refractivity contribution in [3.05, 3.63) is 57.8 Å². The van der Waals surface area contributed by atoms with E-state index in [1.54, 1.807) is 24.3 Å². The molecule has 1 nitrogen and oxygen atoms in total. The van der Waals surface area contributed by atoms with Crippen LogP contribution in [0.15, 0.2) is 36.4 Å². The lowest BCUT2D eigenvalue weighted by Gasteiger charge is -2.09. The van der Waals surface area contributed by atoms with Crippen molar-refractivity contribution in [2.24, 2.45) is 0 Å². The molecule has 0 aliphatic heterocycles. The molecule has 18 heavy (non-hydrogen) atoms. The Kier molecular flexibility index (Phi) is 4.23. The second-order valence-corrected chi connectivity index (χ2v) is 4.70. The maximum atomic E-state index is 13.9. The number of aliphatic hydroxyl groups is 1. The topological polar surface area (TPSA) is 20.2 Å². The lowest BCUT2D eigenvalue weighted by molar-refractivity contribution is 0.299. The molecular weight excluding hydrogens is 274 g/mol. The molecule has 0 aliphatic rings. The van der Waals surface area contributed by atoms with Crippen LogP contribution in [0.1, 0.15) is 5.56 Å². The van der Waals surface area contributed by atoms with E-state index >= 15 is 0 Å². The highest BCUT2D eigenvalue weighted by atomic mass is 35.5. The van der Waals surface area contributed by atoms with Gasteiger partial charge in [-0.05, 0) is 30.2 Å². The molecule has 0 unspecified atom stereocenters. The Hall–Kier alpha value is -1.09. The second kappa shape index (κ2) is 5.70. The van der Waals surface area contributed by atoms with Crippen molar-refractivity contribution >= 4 is 23.2 Å². The summed E-state index contributed by atoms with van der Waals surface area (Å²) in [6.45, 7) is 0.0408. The molecule has 0 atom stereocenters. The zero-order chi connectivity index (χ0) is 13.1. The Morgan fingerprint density at radius 3 is 2.50 bits per heavy atom. The first-order valence-corrected chi connectivity index (χ1v) is 6.22. The van der Waals surface area contributed by atoms with Crippen LogP contribution in [0.3, 0.4) is 0 Å². The van der Waals surface area contributed by atoms with Gasteiger partial charge in [0.2, 0.25) is 0 Å². The van der Waals surface area contributed by atoms with E-state index in [-0.39, 0.29) is 11.6 Å². The Bertz CT molecular complexity index is 570. The van der Waals surface area contributed by atoms with Gasteiger partial charge in [-0.2, -0.15) is 0 Å². The summed E-state index contributed by atoms with van der Waals surface area (Å²) in [6, 6.07) is 10.1. The van der Waals surface area contributed by atoms with Gasteiger partial charge >= 0.3 is 0 Å². The molecule has 0 heterocycles. The summed E-state index contributed by atoms with van der Waals surface area (Å²) in [7, 11) is 0. The van der Waals surface area contributed by atoms with Crippen LogP contribution in [0.2, 0.25) is 10.0 Å². The first kappa shape index (κ1) is 13.3. The predicted molar refractivity (Wildman–Crippen MR) is 72.6 cm³/mol. The van der Waals surface area contributed by atoms with Crippen molar-refractivity contribution in [3.63, 3.8) is 0 Å².